The molecule has 0 saturated heterocycles. The van der Waals surface area contributed by atoms with Gasteiger partial charge in [-0.05, 0) is 0 Å². The Morgan fingerprint density at radius 1 is 1.05 bits per heavy atom. The molecule has 1 heteroatoms. The molecular formula is C19H17Li. The van der Waals surface area contributed by atoms with Crippen molar-refractivity contribution < 1.29 is 0 Å². The van der Waals surface area contributed by atoms with Crippen LogP contribution in [0.3, 0.4) is 0 Å². The van der Waals surface area contributed by atoms with E-state index in [0.717, 1.165) is 11.0 Å². The molecule has 0 aliphatic heterocycles. The van der Waals surface area contributed by atoms with Gasteiger partial charge in [0.2, 0.25) is 0 Å². The Balaban J connectivity index is 1.89. The van der Waals surface area contributed by atoms with Gasteiger partial charge in [0, 0.05) is 0 Å². The summed E-state index contributed by atoms with van der Waals surface area (Å²) in [7, 11) is 0. The van der Waals surface area contributed by atoms with Crippen LogP contribution in [0.2, 0.25) is 0 Å². The molecule has 1 unspecified atom stereocenters. The minimum absolute atomic E-state index is 0.730. The van der Waals surface area contributed by atoms with Crippen molar-refractivity contribution in [2.24, 2.45) is 0 Å². The van der Waals surface area contributed by atoms with Gasteiger partial charge in [-0.15, -0.1) is 0 Å². The van der Waals surface area contributed by atoms with E-state index in [1.807, 2.05) is 0 Å². The summed E-state index contributed by atoms with van der Waals surface area (Å²) in [5, 5.41) is 0. The van der Waals surface area contributed by atoms with E-state index in [1.165, 1.54) is 40.7 Å². The van der Waals surface area contributed by atoms with E-state index in [9.17, 15) is 0 Å². The summed E-state index contributed by atoms with van der Waals surface area (Å²) < 4.78 is 0.730. The third-order valence-corrected chi connectivity index (χ3v) is 4.96. The van der Waals surface area contributed by atoms with E-state index in [2.05, 4.69) is 67.1 Å². The van der Waals surface area contributed by atoms with Crippen LogP contribution in [0.4, 0.5) is 0 Å². The molecule has 0 spiro atoms. The van der Waals surface area contributed by atoms with Crippen LogP contribution in [0.15, 0.2) is 48.0 Å². The predicted molar refractivity (Wildman–Crippen MR) is 85.1 cm³/mol. The molecule has 2 aliphatic carbocycles. The van der Waals surface area contributed by atoms with Crippen molar-refractivity contribution in [1.29, 1.82) is 0 Å². The Kier molecular flexibility index (Phi) is 2.91. The van der Waals surface area contributed by atoms with Gasteiger partial charge in [-0.3, -0.25) is 0 Å². The van der Waals surface area contributed by atoms with Gasteiger partial charge in [0.25, 0.3) is 0 Å². The summed E-state index contributed by atoms with van der Waals surface area (Å²) in [5.41, 5.74) is 10.6. The number of rotatable bonds is 1. The first-order chi connectivity index (χ1) is 9.74. The van der Waals surface area contributed by atoms with E-state index in [0.29, 0.717) is 0 Å². The second-order valence-corrected chi connectivity index (χ2v) is 6.35. The summed E-state index contributed by atoms with van der Waals surface area (Å²) in [6.07, 6.45) is 3.71. The molecular weight excluding hydrogens is 235 g/mol. The second kappa shape index (κ2) is 4.66. The zero-order valence-corrected chi connectivity index (χ0v) is 12.2. The van der Waals surface area contributed by atoms with Crippen molar-refractivity contribution >= 4 is 23.3 Å². The summed E-state index contributed by atoms with van der Waals surface area (Å²) in [4.78, 5) is 0. The molecule has 4 rings (SSSR count). The molecule has 0 saturated carbocycles. The molecule has 0 N–H and O–H groups in total. The number of hydrogen-bond donors (Lipinski definition) is 0. The first-order valence-corrected chi connectivity index (χ1v) is 7.65. The number of hydrogen-bond acceptors (Lipinski definition) is 0. The van der Waals surface area contributed by atoms with E-state index in [1.54, 1.807) is 11.1 Å². The summed E-state index contributed by atoms with van der Waals surface area (Å²) in [6, 6.07) is 15.8. The average Bonchev–Trinajstić information content (AvgIpc) is 2.97. The topological polar surface area (TPSA) is 0 Å². The molecule has 0 heterocycles. The number of allylic oxidation sites excluding steroid dienone is 1. The number of fused-ring (bicyclic) bond motifs is 2. The molecule has 1 atom stereocenters. The third kappa shape index (κ3) is 1.83. The van der Waals surface area contributed by atoms with E-state index < -0.39 is 0 Å². The maximum atomic E-state index is 2.49. The van der Waals surface area contributed by atoms with Gasteiger partial charge in [-0.1, -0.05) is 0 Å². The van der Waals surface area contributed by atoms with E-state index in [-0.39, 0.29) is 0 Å². The SMILES string of the molecule is [Li][CH]1CCc2cc3c(cc21)C(c1ccccc1)=C(C)C3. The first-order valence-electron chi connectivity index (χ1n) is 7.65. The third-order valence-electron chi connectivity index (χ3n) is 4.96. The van der Waals surface area contributed by atoms with E-state index in [4.69, 9.17) is 0 Å². The van der Waals surface area contributed by atoms with Crippen LogP contribution in [0.5, 0.6) is 0 Å². The standard InChI is InChI=1S/C19H17.Li/c1-13-10-17-11-15-8-5-9-16(15)12-18(17)19(13)14-6-3-2-4-7-14;/h2-4,6-7,9,11-12H,5,8,10H2,1H3;. The molecule has 2 aliphatic rings. The summed E-state index contributed by atoms with van der Waals surface area (Å²) in [5.74, 6) is 0. The van der Waals surface area contributed by atoms with Crippen LogP contribution in [-0.4, -0.2) is 17.7 Å². The summed E-state index contributed by atoms with van der Waals surface area (Å²) >= 11 is 2.37. The Labute approximate surface area is 130 Å². The second-order valence-electron chi connectivity index (χ2n) is 6.35. The zero-order valence-electron chi connectivity index (χ0n) is 12.2. The van der Waals surface area contributed by atoms with Crippen molar-refractivity contribution in [1.82, 2.24) is 0 Å². The monoisotopic (exact) mass is 252 g/mol. The Morgan fingerprint density at radius 3 is 2.65 bits per heavy atom. The number of aryl methyl sites for hydroxylation is 1. The Bertz CT molecular complexity index is 710. The van der Waals surface area contributed by atoms with Crippen LogP contribution in [-0.2, 0) is 12.8 Å². The molecule has 0 bridgehead atoms. The molecule has 20 heavy (non-hydrogen) atoms. The fourth-order valence-corrected chi connectivity index (χ4v) is 3.90. The van der Waals surface area contributed by atoms with Gasteiger partial charge in [0.1, 0.15) is 0 Å². The fraction of sp³-hybridized carbons (Fsp3) is 0.263. The Morgan fingerprint density at radius 2 is 1.85 bits per heavy atom. The van der Waals surface area contributed by atoms with Crippen molar-refractivity contribution in [3.05, 3.63) is 75.9 Å². The van der Waals surface area contributed by atoms with Crippen LogP contribution < -0.4 is 0 Å². The predicted octanol–water partition coefficient (Wildman–Crippen LogP) is 4.22. The van der Waals surface area contributed by atoms with Crippen molar-refractivity contribution in [3.63, 3.8) is 0 Å². The Hall–Kier alpha value is -1.22. The van der Waals surface area contributed by atoms with Crippen LogP contribution in [0.1, 0.15) is 45.8 Å². The molecule has 0 aromatic heterocycles. The van der Waals surface area contributed by atoms with Crippen molar-refractivity contribution in [2.75, 3.05) is 0 Å². The normalized spacial score (nSPS) is 20.2. The molecule has 0 fully saturated rings. The maximum absolute atomic E-state index is 2.49. The van der Waals surface area contributed by atoms with Crippen LogP contribution in [0.25, 0.3) is 5.57 Å². The van der Waals surface area contributed by atoms with Gasteiger partial charge in [0.15, 0.2) is 0 Å². The van der Waals surface area contributed by atoms with Gasteiger partial charge in [-0.2, -0.15) is 0 Å². The number of benzene rings is 2. The molecule has 0 nitrogen and oxygen atoms in total. The molecule has 0 radical (unpaired) electrons. The van der Waals surface area contributed by atoms with E-state index >= 15 is 0 Å². The van der Waals surface area contributed by atoms with Gasteiger partial charge < -0.3 is 0 Å². The molecule has 94 valence electrons. The minimum atomic E-state index is 0.730. The van der Waals surface area contributed by atoms with Crippen molar-refractivity contribution in [3.8, 4) is 0 Å². The molecule has 0 amide bonds. The quantitative estimate of drug-likeness (QED) is 0.667. The molecule has 2 aromatic carbocycles. The van der Waals surface area contributed by atoms with Gasteiger partial charge >= 0.3 is 130 Å². The zero-order chi connectivity index (χ0) is 13.7. The molecule has 2 aromatic rings. The van der Waals surface area contributed by atoms with Crippen LogP contribution >= 0.6 is 0 Å². The fourth-order valence-electron chi connectivity index (χ4n) is 3.90. The van der Waals surface area contributed by atoms with Gasteiger partial charge in [-0.25, -0.2) is 0 Å². The van der Waals surface area contributed by atoms with Crippen LogP contribution in [0, 0.1) is 0 Å². The van der Waals surface area contributed by atoms with Crippen molar-refractivity contribution in [2.45, 2.75) is 30.8 Å². The summed E-state index contributed by atoms with van der Waals surface area (Å²) in [6.45, 7) is 2.29. The van der Waals surface area contributed by atoms with Gasteiger partial charge in [0.05, 0.1) is 0 Å². The average molecular weight is 252 g/mol. The first kappa shape index (κ1) is 12.5.